The van der Waals surface area contributed by atoms with E-state index in [0.29, 0.717) is 17.9 Å². The number of carbonyl (C=O) groups excluding carboxylic acids is 1. The average molecular weight is 411 g/mol. The van der Waals surface area contributed by atoms with Crippen LogP contribution in [-0.4, -0.2) is 32.8 Å². The lowest BCUT2D eigenvalue weighted by Gasteiger charge is -2.17. The van der Waals surface area contributed by atoms with Crippen molar-refractivity contribution >= 4 is 5.91 Å². The van der Waals surface area contributed by atoms with Crippen LogP contribution in [0.3, 0.4) is 0 Å². The van der Waals surface area contributed by atoms with Crippen molar-refractivity contribution in [1.29, 1.82) is 0 Å². The van der Waals surface area contributed by atoms with Crippen LogP contribution in [0.25, 0.3) is 0 Å². The standard InChI is InChI=1S/C23H30N4O3/c1-8-27-17(5)20(16(4)24-27)12-26(7)23(28)22-21(18(6)30-25-22)13-29-19-10-14(2)9-15(3)11-19/h9-11H,8,12-13H2,1-7H3. The minimum absolute atomic E-state index is 0.200. The molecule has 0 saturated heterocycles. The molecule has 7 heteroatoms. The van der Waals surface area contributed by atoms with Gasteiger partial charge in [-0.1, -0.05) is 11.2 Å². The molecule has 0 aliphatic carbocycles. The fraction of sp³-hybridized carbons (Fsp3) is 0.435. The van der Waals surface area contributed by atoms with Crippen LogP contribution in [0.4, 0.5) is 0 Å². The summed E-state index contributed by atoms with van der Waals surface area (Å²) in [5.74, 6) is 1.15. The maximum Gasteiger partial charge on any atom is 0.276 e. The van der Waals surface area contributed by atoms with Crippen LogP contribution in [-0.2, 0) is 19.7 Å². The monoisotopic (exact) mass is 410 g/mol. The van der Waals surface area contributed by atoms with Crippen LogP contribution in [0, 0.1) is 34.6 Å². The molecule has 160 valence electrons. The molecule has 0 spiro atoms. The van der Waals surface area contributed by atoms with E-state index >= 15 is 0 Å². The van der Waals surface area contributed by atoms with Crippen molar-refractivity contribution in [3.05, 3.63) is 63.3 Å². The second-order valence-electron chi connectivity index (χ2n) is 7.80. The van der Waals surface area contributed by atoms with Crippen molar-refractivity contribution in [2.75, 3.05) is 7.05 Å². The molecule has 0 atom stereocenters. The predicted molar refractivity (Wildman–Crippen MR) is 115 cm³/mol. The molecule has 0 N–H and O–H groups in total. The third-order valence-corrected chi connectivity index (χ3v) is 5.34. The molecule has 30 heavy (non-hydrogen) atoms. The van der Waals surface area contributed by atoms with Crippen molar-refractivity contribution in [2.45, 2.75) is 61.2 Å². The van der Waals surface area contributed by atoms with E-state index in [1.807, 2.05) is 44.5 Å². The van der Waals surface area contributed by atoms with E-state index in [4.69, 9.17) is 9.26 Å². The second kappa shape index (κ2) is 8.73. The van der Waals surface area contributed by atoms with Crippen molar-refractivity contribution in [1.82, 2.24) is 19.8 Å². The fourth-order valence-electron chi connectivity index (χ4n) is 3.66. The maximum atomic E-state index is 13.1. The average Bonchev–Trinajstić information content (AvgIpc) is 3.18. The van der Waals surface area contributed by atoms with Gasteiger partial charge in [-0.2, -0.15) is 5.10 Å². The number of rotatable bonds is 7. The van der Waals surface area contributed by atoms with Gasteiger partial charge in [0.2, 0.25) is 0 Å². The Kier molecular flexibility index (Phi) is 6.29. The summed E-state index contributed by atoms with van der Waals surface area (Å²) in [6.07, 6.45) is 0. The van der Waals surface area contributed by atoms with Gasteiger partial charge in [0.1, 0.15) is 18.1 Å². The van der Waals surface area contributed by atoms with Crippen LogP contribution in [0.5, 0.6) is 5.75 Å². The van der Waals surface area contributed by atoms with Gasteiger partial charge in [0.05, 0.1) is 11.3 Å². The third-order valence-electron chi connectivity index (χ3n) is 5.34. The lowest BCUT2D eigenvalue weighted by molar-refractivity contribution is 0.0772. The number of hydrogen-bond acceptors (Lipinski definition) is 5. The zero-order chi connectivity index (χ0) is 22.0. The Balaban J connectivity index is 1.77. The minimum atomic E-state index is -0.200. The van der Waals surface area contributed by atoms with E-state index in [1.165, 1.54) is 0 Å². The predicted octanol–water partition coefficient (Wildman–Crippen LogP) is 4.28. The Morgan fingerprint density at radius 2 is 1.77 bits per heavy atom. The molecular formula is C23H30N4O3. The van der Waals surface area contributed by atoms with Gasteiger partial charge in [0, 0.05) is 31.4 Å². The zero-order valence-corrected chi connectivity index (χ0v) is 18.9. The van der Waals surface area contributed by atoms with E-state index in [9.17, 15) is 4.79 Å². The Bertz CT molecular complexity index is 1040. The number of hydrogen-bond donors (Lipinski definition) is 0. The van der Waals surface area contributed by atoms with Gasteiger partial charge < -0.3 is 14.2 Å². The van der Waals surface area contributed by atoms with Gasteiger partial charge in [0.25, 0.3) is 5.91 Å². The maximum absolute atomic E-state index is 13.1. The van der Waals surface area contributed by atoms with E-state index in [2.05, 4.69) is 23.2 Å². The second-order valence-corrected chi connectivity index (χ2v) is 7.80. The number of aryl methyl sites for hydroxylation is 5. The summed E-state index contributed by atoms with van der Waals surface area (Å²) in [7, 11) is 1.77. The molecule has 0 fully saturated rings. The number of nitrogens with zero attached hydrogens (tertiary/aromatic N) is 4. The van der Waals surface area contributed by atoms with Crippen LogP contribution in [0.2, 0.25) is 0 Å². The first kappa shape index (κ1) is 21.6. The van der Waals surface area contributed by atoms with Gasteiger partial charge >= 0.3 is 0 Å². The first-order valence-electron chi connectivity index (χ1n) is 10.2. The molecule has 0 aliphatic rings. The van der Waals surface area contributed by atoms with Crippen molar-refractivity contribution in [2.24, 2.45) is 0 Å². The number of carbonyl (C=O) groups is 1. The molecular weight excluding hydrogens is 380 g/mol. The molecule has 2 heterocycles. The number of benzene rings is 1. The van der Waals surface area contributed by atoms with Crippen molar-refractivity contribution in [3.8, 4) is 5.75 Å². The van der Waals surface area contributed by atoms with Crippen LogP contribution < -0.4 is 4.74 Å². The summed E-state index contributed by atoms with van der Waals surface area (Å²) in [6.45, 7) is 13.4. The zero-order valence-electron chi connectivity index (χ0n) is 18.9. The summed E-state index contributed by atoms with van der Waals surface area (Å²) < 4.78 is 13.2. The van der Waals surface area contributed by atoms with E-state index < -0.39 is 0 Å². The molecule has 1 amide bonds. The van der Waals surface area contributed by atoms with Gasteiger partial charge in [-0.3, -0.25) is 9.48 Å². The quantitative estimate of drug-likeness (QED) is 0.581. The Hall–Kier alpha value is -3.09. The molecule has 0 unspecified atom stereocenters. The molecule has 0 saturated carbocycles. The van der Waals surface area contributed by atoms with Gasteiger partial charge in [-0.25, -0.2) is 0 Å². The third kappa shape index (κ3) is 4.40. The summed E-state index contributed by atoms with van der Waals surface area (Å²) in [5, 5.41) is 8.56. The normalized spacial score (nSPS) is 11.0. The van der Waals surface area contributed by atoms with Crippen LogP contribution in [0.1, 0.15) is 56.8 Å². The first-order chi connectivity index (χ1) is 14.2. The Morgan fingerprint density at radius 3 is 2.37 bits per heavy atom. The highest BCUT2D eigenvalue weighted by Gasteiger charge is 2.25. The van der Waals surface area contributed by atoms with Crippen molar-refractivity contribution < 1.29 is 14.1 Å². The molecule has 3 aromatic rings. The topological polar surface area (TPSA) is 73.4 Å². The highest BCUT2D eigenvalue weighted by atomic mass is 16.5. The van der Waals surface area contributed by atoms with E-state index in [1.54, 1.807) is 18.9 Å². The summed E-state index contributed by atoms with van der Waals surface area (Å²) in [4.78, 5) is 14.8. The van der Waals surface area contributed by atoms with E-state index in [-0.39, 0.29) is 18.2 Å². The Labute approximate surface area is 177 Å². The largest absolute Gasteiger partial charge is 0.489 e. The summed E-state index contributed by atoms with van der Waals surface area (Å²) in [5.41, 5.74) is 6.28. The van der Waals surface area contributed by atoms with Gasteiger partial charge in [0.15, 0.2) is 5.69 Å². The number of aromatic nitrogens is 3. The molecule has 3 rings (SSSR count). The number of amides is 1. The van der Waals surface area contributed by atoms with Crippen molar-refractivity contribution in [3.63, 3.8) is 0 Å². The SMILES string of the molecule is CCn1nc(C)c(CN(C)C(=O)c2noc(C)c2COc2cc(C)cc(C)c2)c1C. The van der Waals surface area contributed by atoms with Gasteiger partial charge in [-0.15, -0.1) is 0 Å². The Morgan fingerprint density at radius 1 is 1.10 bits per heavy atom. The molecule has 0 aliphatic heterocycles. The lowest BCUT2D eigenvalue weighted by atomic mass is 10.1. The van der Waals surface area contributed by atoms with Crippen LogP contribution >= 0.6 is 0 Å². The van der Waals surface area contributed by atoms with Crippen LogP contribution in [0.15, 0.2) is 22.7 Å². The summed E-state index contributed by atoms with van der Waals surface area (Å²) in [6, 6.07) is 6.03. The molecule has 1 aromatic carbocycles. The molecule has 0 radical (unpaired) electrons. The lowest BCUT2D eigenvalue weighted by Crippen LogP contribution is -2.28. The first-order valence-corrected chi connectivity index (χ1v) is 10.2. The van der Waals surface area contributed by atoms with E-state index in [0.717, 1.165) is 40.4 Å². The smallest absolute Gasteiger partial charge is 0.276 e. The van der Waals surface area contributed by atoms with Gasteiger partial charge in [-0.05, 0) is 64.8 Å². The highest BCUT2D eigenvalue weighted by molar-refractivity contribution is 5.93. The molecule has 2 aromatic heterocycles. The molecule has 7 nitrogen and oxygen atoms in total. The molecule has 0 bridgehead atoms. The summed E-state index contributed by atoms with van der Waals surface area (Å²) >= 11 is 0. The highest BCUT2D eigenvalue weighted by Crippen LogP contribution is 2.22. The minimum Gasteiger partial charge on any atom is -0.489 e. The number of ether oxygens (including phenoxy) is 1. The fourth-order valence-corrected chi connectivity index (χ4v) is 3.66.